The summed E-state index contributed by atoms with van der Waals surface area (Å²) < 4.78 is 0. The van der Waals surface area contributed by atoms with E-state index in [2.05, 4.69) is 19.2 Å². The van der Waals surface area contributed by atoms with Gasteiger partial charge in [-0.1, -0.05) is 20.3 Å². The molecule has 0 bridgehead atoms. The SMILES string of the molecule is CCCc1sc(C(=O)N[C@@H](C)CN)cc1CC.Cl. The van der Waals surface area contributed by atoms with Gasteiger partial charge in [0.15, 0.2) is 0 Å². The van der Waals surface area contributed by atoms with E-state index in [-0.39, 0.29) is 24.4 Å². The van der Waals surface area contributed by atoms with E-state index >= 15 is 0 Å². The predicted octanol–water partition coefficient (Wildman–Crippen LogP) is 2.76. The standard InChI is InChI=1S/C13H22N2OS.ClH/c1-4-6-11-10(5-2)7-12(17-11)13(16)15-9(3)8-14;/h7,9H,4-6,8,14H2,1-3H3,(H,15,16);1H/t9-;/m0./s1. The Bertz CT molecular complexity index is 379. The van der Waals surface area contributed by atoms with Crippen LogP contribution in [-0.4, -0.2) is 18.5 Å². The average Bonchev–Trinajstić information content (AvgIpc) is 2.72. The molecule has 1 amide bonds. The maximum atomic E-state index is 11.9. The van der Waals surface area contributed by atoms with E-state index < -0.39 is 0 Å². The van der Waals surface area contributed by atoms with E-state index in [4.69, 9.17) is 5.73 Å². The Kier molecular flexibility index (Phi) is 8.24. The van der Waals surface area contributed by atoms with Crippen molar-refractivity contribution in [1.82, 2.24) is 5.32 Å². The first-order valence-corrected chi connectivity index (χ1v) is 7.06. The van der Waals surface area contributed by atoms with Crippen molar-refractivity contribution in [2.45, 2.75) is 46.1 Å². The molecular weight excluding hydrogens is 268 g/mol. The van der Waals surface area contributed by atoms with E-state index in [0.717, 1.165) is 24.1 Å². The van der Waals surface area contributed by atoms with Crippen LogP contribution in [0, 0.1) is 0 Å². The molecule has 0 spiro atoms. The zero-order valence-electron chi connectivity index (χ0n) is 11.3. The van der Waals surface area contributed by atoms with Crippen LogP contribution < -0.4 is 11.1 Å². The van der Waals surface area contributed by atoms with Crippen molar-refractivity contribution < 1.29 is 4.79 Å². The number of hydrogen-bond donors (Lipinski definition) is 2. The number of hydrogen-bond acceptors (Lipinski definition) is 3. The molecule has 0 aliphatic heterocycles. The van der Waals surface area contributed by atoms with E-state index in [1.54, 1.807) is 11.3 Å². The number of halogens is 1. The molecule has 0 radical (unpaired) electrons. The van der Waals surface area contributed by atoms with Gasteiger partial charge in [0.2, 0.25) is 0 Å². The molecular formula is C13H23ClN2OS. The first-order valence-electron chi connectivity index (χ1n) is 6.24. The second kappa shape index (κ2) is 8.51. The van der Waals surface area contributed by atoms with Crippen LogP contribution in [0.25, 0.3) is 0 Å². The lowest BCUT2D eigenvalue weighted by atomic mass is 10.1. The van der Waals surface area contributed by atoms with Gasteiger partial charge in [0.1, 0.15) is 0 Å². The summed E-state index contributed by atoms with van der Waals surface area (Å²) in [6.07, 6.45) is 3.17. The van der Waals surface area contributed by atoms with Crippen molar-refractivity contribution in [1.29, 1.82) is 0 Å². The van der Waals surface area contributed by atoms with Crippen molar-refractivity contribution in [2.75, 3.05) is 6.54 Å². The highest BCUT2D eigenvalue weighted by Gasteiger charge is 2.14. The quantitative estimate of drug-likeness (QED) is 0.846. The molecule has 3 nitrogen and oxygen atoms in total. The third-order valence-corrected chi connectivity index (χ3v) is 3.95. The lowest BCUT2D eigenvalue weighted by Crippen LogP contribution is -2.37. The zero-order valence-corrected chi connectivity index (χ0v) is 12.9. The van der Waals surface area contributed by atoms with Crippen LogP contribution in [0.4, 0.5) is 0 Å². The molecule has 0 saturated heterocycles. The molecule has 1 rings (SSSR count). The summed E-state index contributed by atoms with van der Waals surface area (Å²) in [5.74, 6) is 0.00463. The van der Waals surface area contributed by atoms with E-state index in [9.17, 15) is 4.79 Å². The van der Waals surface area contributed by atoms with Crippen molar-refractivity contribution in [2.24, 2.45) is 5.73 Å². The minimum absolute atomic E-state index is 0. The Hall–Kier alpha value is -0.580. The van der Waals surface area contributed by atoms with Crippen LogP contribution in [-0.2, 0) is 12.8 Å². The molecule has 0 aliphatic rings. The molecule has 1 atom stereocenters. The lowest BCUT2D eigenvalue weighted by Gasteiger charge is -2.09. The van der Waals surface area contributed by atoms with Crippen molar-refractivity contribution in [3.05, 3.63) is 21.4 Å². The largest absolute Gasteiger partial charge is 0.348 e. The molecule has 0 aromatic carbocycles. The van der Waals surface area contributed by atoms with Crippen LogP contribution in [0.15, 0.2) is 6.07 Å². The maximum absolute atomic E-state index is 11.9. The van der Waals surface area contributed by atoms with Crippen LogP contribution >= 0.6 is 23.7 Å². The molecule has 1 heterocycles. The molecule has 1 aromatic rings. The van der Waals surface area contributed by atoms with Crippen LogP contribution in [0.3, 0.4) is 0 Å². The number of aryl methyl sites for hydroxylation is 2. The van der Waals surface area contributed by atoms with Gasteiger partial charge >= 0.3 is 0 Å². The molecule has 5 heteroatoms. The number of rotatable bonds is 6. The van der Waals surface area contributed by atoms with Crippen molar-refractivity contribution >= 4 is 29.7 Å². The minimum Gasteiger partial charge on any atom is -0.348 e. The van der Waals surface area contributed by atoms with E-state index in [1.165, 1.54) is 10.4 Å². The average molecular weight is 291 g/mol. The normalized spacial score (nSPS) is 11.8. The van der Waals surface area contributed by atoms with Gasteiger partial charge in [0.25, 0.3) is 5.91 Å². The Morgan fingerprint density at radius 2 is 2.17 bits per heavy atom. The summed E-state index contributed by atoms with van der Waals surface area (Å²) in [6.45, 7) is 6.68. The number of carbonyl (C=O) groups excluding carboxylic acids is 1. The monoisotopic (exact) mass is 290 g/mol. The summed E-state index contributed by atoms with van der Waals surface area (Å²) in [6, 6.07) is 2.05. The fourth-order valence-corrected chi connectivity index (χ4v) is 2.93. The number of carbonyl (C=O) groups is 1. The summed E-state index contributed by atoms with van der Waals surface area (Å²) in [4.78, 5) is 14.1. The minimum atomic E-state index is 0. The zero-order chi connectivity index (χ0) is 12.8. The Morgan fingerprint density at radius 1 is 1.50 bits per heavy atom. The smallest absolute Gasteiger partial charge is 0.261 e. The fraction of sp³-hybridized carbons (Fsp3) is 0.615. The highest BCUT2D eigenvalue weighted by atomic mass is 35.5. The molecule has 0 unspecified atom stereocenters. The highest BCUT2D eigenvalue weighted by Crippen LogP contribution is 2.24. The number of nitrogens with two attached hydrogens (primary N) is 1. The van der Waals surface area contributed by atoms with E-state index in [1.807, 2.05) is 13.0 Å². The fourth-order valence-electron chi connectivity index (χ4n) is 1.67. The molecule has 18 heavy (non-hydrogen) atoms. The first-order chi connectivity index (χ1) is 8.12. The molecule has 1 aromatic heterocycles. The Morgan fingerprint density at radius 3 is 2.67 bits per heavy atom. The summed E-state index contributed by atoms with van der Waals surface area (Å²) >= 11 is 1.62. The summed E-state index contributed by atoms with van der Waals surface area (Å²) in [7, 11) is 0. The topological polar surface area (TPSA) is 55.1 Å². The van der Waals surface area contributed by atoms with Crippen molar-refractivity contribution in [3.8, 4) is 0 Å². The molecule has 104 valence electrons. The van der Waals surface area contributed by atoms with Crippen LogP contribution in [0.2, 0.25) is 0 Å². The van der Waals surface area contributed by atoms with Gasteiger partial charge < -0.3 is 11.1 Å². The van der Waals surface area contributed by atoms with Gasteiger partial charge in [-0.2, -0.15) is 0 Å². The lowest BCUT2D eigenvalue weighted by molar-refractivity contribution is 0.0945. The number of nitrogens with one attached hydrogen (secondary N) is 1. The van der Waals surface area contributed by atoms with Crippen LogP contribution in [0.1, 0.15) is 47.3 Å². The van der Waals surface area contributed by atoms with Crippen molar-refractivity contribution in [3.63, 3.8) is 0 Å². The van der Waals surface area contributed by atoms with Gasteiger partial charge in [-0.15, -0.1) is 23.7 Å². The number of thiophene rings is 1. The third kappa shape index (κ3) is 4.59. The van der Waals surface area contributed by atoms with Crippen LogP contribution in [0.5, 0.6) is 0 Å². The third-order valence-electron chi connectivity index (χ3n) is 2.71. The molecule has 0 fully saturated rings. The first kappa shape index (κ1) is 17.4. The van der Waals surface area contributed by atoms with Gasteiger partial charge in [0, 0.05) is 17.5 Å². The second-order valence-corrected chi connectivity index (χ2v) is 5.41. The van der Waals surface area contributed by atoms with Gasteiger partial charge in [-0.25, -0.2) is 0 Å². The van der Waals surface area contributed by atoms with Gasteiger partial charge in [0.05, 0.1) is 4.88 Å². The van der Waals surface area contributed by atoms with E-state index in [0.29, 0.717) is 6.54 Å². The summed E-state index contributed by atoms with van der Waals surface area (Å²) in [5, 5.41) is 2.90. The summed E-state index contributed by atoms with van der Waals surface area (Å²) in [5.41, 5.74) is 6.80. The van der Waals surface area contributed by atoms with Gasteiger partial charge in [-0.3, -0.25) is 4.79 Å². The van der Waals surface area contributed by atoms with Gasteiger partial charge in [-0.05, 0) is 31.4 Å². The Balaban J connectivity index is 0.00000289. The highest BCUT2D eigenvalue weighted by molar-refractivity contribution is 7.14. The molecule has 0 saturated carbocycles. The second-order valence-electron chi connectivity index (χ2n) is 4.27. The number of amides is 1. The predicted molar refractivity (Wildman–Crippen MR) is 80.9 cm³/mol. The molecule has 3 N–H and O–H groups in total. The Labute approximate surface area is 120 Å². The molecule has 0 aliphatic carbocycles. The maximum Gasteiger partial charge on any atom is 0.261 e.